The molecule has 62 valence electrons. The monoisotopic (exact) mass is 228 g/mol. The normalized spacial score (nSPS) is 19.2. The van der Waals surface area contributed by atoms with E-state index in [1.807, 2.05) is 0 Å². The number of carbonyl (C=O) groups excluding carboxylic acids is 1. The summed E-state index contributed by atoms with van der Waals surface area (Å²) >= 11 is 3.25. The van der Waals surface area contributed by atoms with Gasteiger partial charge in [0.1, 0.15) is 0 Å². The summed E-state index contributed by atoms with van der Waals surface area (Å²) in [6, 6.07) is 1.76. The number of carbonyl (C=O) groups is 1. The predicted octanol–water partition coefficient (Wildman–Crippen LogP) is 1.17. The first-order valence-electron chi connectivity index (χ1n) is 3.33. The molecule has 0 amide bonds. The van der Waals surface area contributed by atoms with Gasteiger partial charge in [-0.25, -0.2) is 4.98 Å². The highest BCUT2D eigenvalue weighted by atomic mass is 79.9. The summed E-state index contributed by atoms with van der Waals surface area (Å²) in [4.78, 5) is 14.3. The van der Waals surface area contributed by atoms with Gasteiger partial charge in [0.25, 0.3) is 0 Å². The first kappa shape index (κ1) is 7.54. The number of nitrogens with one attached hydrogen (secondary N) is 1. The van der Waals surface area contributed by atoms with Crippen LogP contribution in [-0.4, -0.2) is 17.5 Å². The molecule has 0 radical (unpaired) electrons. The van der Waals surface area contributed by atoms with E-state index in [2.05, 4.69) is 26.2 Å². The van der Waals surface area contributed by atoms with Gasteiger partial charge in [0.2, 0.25) is 6.23 Å². The zero-order valence-corrected chi connectivity index (χ0v) is 7.54. The Kier molecular flexibility index (Phi) is 1.73. The molecular formula is C7H5BrN2O2. The molecule has 1 aromatic heterocycles. The quantitative estimate of drug-likeness (QED) is 0.734. The molecule has 0 bridgehead atoms. The lowest BCUT2D eigenvalue weighted by molar-refractivity contribution is -0.112. The van der Waals surface area contributed by atoms with E-state index in [1.54, 1.807) is 12.3 Å². The topological polar surface area (TPSA) is 51.2 Å². The van der Waals surface area contributed by atoms with Crippen molar-refractivity contribution in [2.24, 2.45) is 0 Å². The highest BCUT2D eigenvalue weighted by Gasteiger charge is 2.21. The van der Waals surface area contributed by atoms with Crippen LogP contribution in [0.4, 0.5) is 5.82 Å². The fraction of sp³-hybridized carbons (Fsp3) is 0.143. The van der Waals surface area contributed by atoms with E-state index in [-0.39, 0.29) is 0 Å². The first-order valence-corrected chi connectivity index (χ1v) is 4.13. The van der Waals surface area contributed by atoms with Crippen LogP contribution in [0.2, 0.25) is 0 Å². The Bertz CT molecular complexity index is 329. The van der Waals surface area contributed by atoms with E-state index in [0.29, 0.717) is 17.9 Å². The van der Waals surface area contributed by atoms with Crippen LogP contribution in [0.25, 0.3) is 0 Å². The number of halogens is 1. The van der Waals surface area contributed by atoms with Crippen molar-refractivity contribution in [3.05, 3.63) is 16.7 Å². The zero-order chi connectivity index (χ0) is 8.55. The summed E-state index contributed by atoms with van der Waals surface area (Å²) in [6.07, 6.45) is 1.74. The number of hydrogen-bond donors (Lipinski definition) is 1. The number of nitrogens with zero attached hydrogens (tertiary/aromatic N) is 1. The highest BCUT2D eigenvalue weighted by molar-refractivity contribution is 9.10. The molecule has 0 fully saturated rings. The first-order chi connectivity index (χ1) is 5.79. The molecule has 0 saturated carbocycles. The van der Waals surface area contributed by atoms with E-state index < -0.39 is 6.23 Å². The summed E-state index contributed by atoms with van der Waals surface area (Å²) in [6.45, 7) is 0. The molecule has 12 heavy (non-hydrogen) atoms. The highest BCUT2D eigenvalue weighted by Crippen LogP contribution is 2.31. The summed E-state index contributed by atoms with van der Waals surface area (Å²) < 4.78 is 5.99. The van der Waals surface area contributed by atoms with Crippen molar-refractivity contribution in [3.8, 4) is 5.75 Å². The third kappa shape index (κ3) is 1.16. The van der Waals surface area contributed by atoms with Crippen LogP contribution in [0.15, 0.2) is 16.7 Å². The lowest BCUT2D eigenvalue weighted by Crippen LogP contribution is -2.21. The summed E-state index contributed by atoms with van der Waals surface area (Å²) in [7, 11) is 0. The third-order valence-corrected chi connectivity index (χ3v) is 1.91. The van der Waals surface area contributed by atoms with Crippen LogP contribution in [0.5, 0.6) is 5.75 Å². The molecule has 2 rings (SSSR count). The maximum absolute atomic E-state index is 10.3. The van der Waals surface area contributed by atoms with Gasteiger partial charge in [0, 0.05) is 10.7 Å². The summed E-state index contributed by atoms with van der Waals surface area (Å²) in [5, 5.41) is 2.79. The average Bonchev–Trinajstić information content (AvgIpc) is 2.46. The minimum absolute atomic E-state index is 0.596. The molecule has 1 atom stereocenters. The smallest absolute Gasteiger partial charge is 0.227 e. The number of anilines is 1. The van der Waals surface area contributed by atoms with Crippen molar-refractivity contribution in [3.63, 3.8) is 0 Å². The number of rotatable bonds is 1. The second-order valence-corrected chi connectivity index (χ2v) is 3.23. The third-order valence-electron chi connectivity index (χ3n) is 1.48. The van der Waals surface area contributed by atoms with Crippen molar-refractivity contribution in [2.75, 3.05) is 5.32 Å². The maximum atomic E-state index is 10.3. The molecule has 2 heterocycles. The van der Waals surface area contributed by atoms with Gasteiger partial charge in [-0.05, 0) is 22.0 Å². The van der Waals surface area contributed by atoms with Crippen LogP contribution in [0.1, 0.15) is 0 Å². The van der Waals surface area contributed by atoms with Crippen molar-refractivity contribution < 1.29 is 9.53 Å². The van der Waals surface area contributed by atoms with Crippen molar-refractivity contribution in [1.82, 2.24) is 4.98 Å². The van der Waals surface area contributed by atoms with Crippen LogP contribution >= 0.6 is 15.9 Å². The zero-order valence-electron chi connectivity index (χ0n) is 5.95. The van der Waals surface area contributed by atoms with Gasteiger partial charge in [-0.15, -0.1) is 0 Å². The molecule has 5 heteroatoms. The Hall–Kier alpha value is -1.10. The van der Waals surface area contributed by atoms with Gasteiger partial charge in [-0.1, -0.05) is 0 Å². The molecule has 0 spiro atoms. The molecule has 1 aliphatic heterocycles. The van der Waals surface area contributed by atoms with Crippen molar-refractivity contribution in [2.45, 2.75) is 6.23 Å². The molecule has 1 aliphatic rings. The number of pyridine rings is 1. The summed E-state index contributed by atoms with van der Waals surface area (Å²) in [5.74, 6) is 1.21. The van der Waals surface area contributed by atoms with E-state index in [9.17, 15) is 4.79 Å². The molecule has 0 saturated heterocycles. The lowest BCUT2D eigenvalue weighted by Gasteiger charge is -1.99. The second kappa shape index (κ2) is 2.75. The Morgan fingerprint density at radius 2 is 2.58 bits per heavy atom. The van der Waals surface area contributed by atoms with Crippen LogP contribution in [0.3, 0.4) is 0 Å². The van der Waals surface area contributed by atoms with Crippen LogP contribution in [0, 0.1) is 0 Å². The summed E-state index contributed by atoms with van der Waals surface area (Å²) in [5.41, 5.74) is 0. The van der Waals surface area contributed by atoms with Gasteiger partial charge >= 0.3 is 0 Å². The minimum Gasteiger partial charge on any atom is -0.460 e. The molecular weight excluding hydrogens is 224 g/mol. The fourth-order valence-electron chi connectivity index (χ4n) is 0.982. The Balaban J connectivity index is 2.35. The Labute approximate surface area is 77.1 Å². The molecule has 1 N–H and O–H groups in total. The van der Waals surface area contributed by atoms with Gasteiger partial charge in [-0.3, -0.25) is 4.79 Å². The lowest BCUT2D eigenvalue weighted by atomic mass is 10.4. The van der Waals surface area contributed by atoms with E-state index >= 15 is 0 Å². The van der Waals surface area contributed by atoms with E-state index in [4.69, 9.17) is 4.74 Å². The molecule has 4 nitrogen and oxygen atoms in total. The predicted molar refractivity (Wildman–Crippen MR) is 46.0 cm³/mol. The molecule has 1 unspecified atom stereocenters. The number of aromatic nitrogens is 1. The van der Waals surface area contributed by atoms with Gasteiger partial charge in [-0.2, -0.15) is 0 Å². The Morgan fingerprint density at radius 1 is 1.75 bits per heavy atom. The van der Waals surface area contributed by atoms with E-state index in [0.717, 1.165) is 4.47 Å². The number of ether oxygens (including phenoxy) is 1. The van der Waals surface area contributed by atoms with Crippen molar-refractivity contribution in [1.29, 1.82) is 0 Å². The van der Waals surface area contributed by atoms with E-state index in [1.165, 1.54) is 0 Å². The number of fused-ring (bicyclic) bond motifs is 1. The average molecular weight is 229 g/mol. The van der Waals surface area contributed by atoms with Gasteiger partial charge < -0.3 is 10.1 Å². The second-order valence-electron chi connectivity index (χ2n) is 2.32. The Morgan fingerprint density at radius 3 is 3.33 bits per heavy atom. The SMILES string of the molecule is O=CC1Nc2ncc(Br)cc2O1. The standard InChI is InChI=1S/C7H5BrN2O2/c8-4-1-5-7(9-2-4)10-6(3-11)12-5/h1-3,6H,(H,9,10). The largest absolute Gasteiger partial charge is 0.460 e. The number of aldehydes is 1. The maximum Gasteiger partial charge on any atom is 0.227 e. The molecule has 0 aliphatic carbocycles. The van der Waals surface area contributed by atoms with Crippen molar-refractivity contribution >= 4 is 28.0 Å². The van der Waals surface area contributed by atoms with Crippen LogP contribution in [-0.2, 0) is 4.79 Å². The molecule has 0 aromatic carbocycles. The fourth-order valence-corrected chi connectivity index (χ4v) is 1.29. The molecule has 1 aromatic rings. The van der Waals surface area contributed by atoms with Crippen LogP contribution < -0.4 is 10.1 Å². The number of hydrogen-bond acceptors (Lipinski definition) is 4. The minimum atomic E-state index is -0.596. The van der Waals surface area contributed by atoms with Gasteiger partial charge in [0.15, 0.2) is 17.9 Å². The van der Waals surface area contributed by atoms with Gasteiger partial charge in [0.05, 0.1) is 0 Å².